The number of nitrogens with one attached hydrogen (secondary N) is 2. The number of carbonyl (C=O) groups is 2. The second-order valence-corrected chi connectivity index (χ2v) is 5.90. The van der Waals surface area contributed by atoms with Gasteiger partial charge in [0.2, 0.25) is 0 Å². The Morgan fingerprint density at radius 3 is 3.08 bits per heavy atom. The van der Waals surface area contributed by atoms with Crippen LogP contribution in [-0.2, 0) is 4.79 Å². The lowest BCUT2D eigenvalue weighted by Gasteiger charge is -2.14. The van der Waals surface area contributed by atoms with Gasteiger partial charge in [-0.25, -0.2) is 0 Å². The fourth-order valence-corrected chi connectivity index (χ4v) is 2.46. The maximum Gasteiger partial charge on any atom is 0.270 e. The molecule has 2 heterocycles. The van der Waals surface area contributed by atoms with Gasteiger partial charge in [0.25, 0.3) is 11.8 Å². The number of hydrogen-bond acceptors (Lipinski definition) is 5. The molecule has 0 fully saturated rings. The lowest BCUT2D eigenvalue weighted by Crippen LogP contribution is -2.46. The zero-order valence-corrected chi connectivity index (χ0v) is 14.5. The maximum absolute atomic E-state index is 12.5. The Labute approximate surface area is 151 Å². The van der Waals surface area contributed by atoms with Crippen molar-refractivity contribution in [3.05, 3.63) is 48.3 Å². The van der Waals surface area contributed by atoms with Crippen molar-refractivity contribution in [2.24, 2.45) is 0 Å². The third-order valence-electron chi connectivity index (χ3n) is 3.90. The van der Waals surface area contributed by atoms with E-state index >= 15 is 0 Å². The molecule has 7 heteroatoms. The van der Waals surface area contributed by atoms with Gasteiger partial charge in [-0.15, -0.1) is 0 Å². The summed E-state index contributed by atoms with van der Waals surface area (Å²) < 4.78 is 11.2. The minimum absolute atomic E-state index is 0.0429. The second-order valence-electron chi connectivity index (χ2n) is 5.90. The van der Waals surface area contributed by atoms with Crippen LogP contribution in [0.25, 0.3) is 0 Å². The highest BCUT2D eigenvalue weighted by Crippen LogP contribution is 2.26. The van der Waals surface area contributed by atoms with Gasteiger partial charge in [0.1, 0.15) is 29.8 Å². The van der Waals surface area contributed by atoms with Gasteiger partial charge in [0.15, 0.2) is 0 Å². The highest BCUT2D eigenvalue weighted by molar-refractivity contribution is 6.01. The summed E-state index contributed by atoms with van der Waals surface area (Å²) in [4.78, 5) is 28.9. The van der Waals surface area contributed by atoms with Crippen LogP contribution < -0.4 is 20.1 Å². The summed E-state index contributed by atoms with van der Waals surface area (Å²) in [6.07, 6.45) is 3.47. The van der Waals surface area contributed by atoms with Crippen LogP contribution in [0.3, 0.4) is 0 Å². The normalized spacial score (nSPS) is 15.9. The van der Waals surface area contributed by atoms with E-state index < -0.39 is 11.9 Å². The molecule has 1 aromatic heterocycles. The van der Waals surface area contributed by atoms with E-state index in [2.05, 4.69) is 22.5 Å². The summed E-state index contributed by atoms with van der Waals surface area (Å²) in [5.74, 6) is 0.355. The molecule has 1 atom stereocenters. The Bertz CT molecular complexity index is 794. The molecule has 7 nitrogen and oxygen atoms in total. The van der Waals surface area contributed by atoms with E-state index in [4.69, 9.17) is 9.47 Å². The van der Waals surface area contributed by atoms with E-state index in [0.29, 0.717) is 23.8 Å². The molecule has 1 aliphatic rings. The van der Waals surface area contributed by atoms with Crippen molar-refractivity contribution < 1.29 is 19.1 Å². The predicted molar refractivity (Wildman–Crippen MR) is 96.5 cm³/mol. The fourth-order valence-electron chi connectivity index (χ4n) is 2.46. The number of pyridine rings is 1. The monoisotopic (exact) mass is 355 g/mol. The largest absolute Gasteiger partial charge is 0.493 e. The topological polar surface area (TPSA) is 89.6 Å². The van der Waals surface area contributed by atoms with Gasteiger partial charge in [-0.05, 0) is 24.6 Å². The molecule has 136 valence electrons. The van der Waals surface area contributed by atoms with Crippen molar-refractivity contribution in [3.8, 4) is 11.5 Å². The Morgan fingerprint density at radius 2 is 2.23 bits per heavy atom. The van der Waals surface area contributed by atoms with E-state index in [9.17, 15) is 9.59 Å². The van der Waals surface area contributed by atoms with Gasteiger partial charge in [0, 0.05) is 12.3 Å². The van der Waals surface area contributed by atoms with Gasteiger partial charge in [0.05, 0.1) is 12.3 Å². The lowest BCUT2D eigenvalue weighted by atomic mass is 10.2. The van der Waals surface area contributed by atoms with Crippen LogP contribution in [0.1, 0.15) is 30.3 Å². The van der Waals surface area contributed by atoms with Crippen LogP contribution in [0.5, 0.6) is 11.5 Å². The number of aromatic nitrogens is 1. The number of anilines is 1. The number of fused-ring (bicyclic) bond motifs is 1. The van der Waals surface area contributed by atoms with Crippen molar-refractivity contribution in [3.63, 3.8) is 0 Å². The first-order valence-electron chi connectivity index (χ1n) is 8.60. The Hall–Kier alpha value is -3.09. The Kier molecular flexibility index (Phi) is 5.68. The molecule has 1 aromatic carbocycles. The van der Waals surface area contributed by atoms with Crippen LogP contribution >= 0.6 is 0 Å². The van der Waals surface area contributed by atoms with Crippen LogP contribution in [0.15, 0.2) is 42.6 Å². The number of benzene rings is 1. The zero-order chi connectivity index (χ0) is 18.4. The number of carbonyl (C=O) groups excluding carboxylic acids is 2. The maximum atomic E-state index is 12.5. The van der Waals surface area contributed by atoms with Crippen LogP contribution in [-0.4, -0.2) is 36.1 Å². The minimum Gasteiger partial charge on any atom is -0.493 e. The van der Waals surface area contributed by atoms with Crippen molar-refractivity contribution in [1.82, 2.24) is 10.3 Å². The molecule has 26 heavy (non-hydrogen) atoms. The number of rotatable bonds is 6. The first kappa shape index (κ1) is 17.7. The van der Waals surface area contributed by atoms with Crippen molar-refractivity contribution in [2.45, 2.75) is 25.8 Å². The summed E-state index contributed by atoms with van der Waals surface area (Å²) >= 11 is 0. The van der Waals surface area contributed by atoms with Gasteiger partial charge in [-0.1, -0.05) is 25.5 Å². The molecule has 3 rings (SSSR count). The zero-order valence-electron chi connectivity index (χ0n) is 14.5. The van der Waals surface area contributed by atoms with E-state index in [1.54, 1.807) is 30.3 Å². The second kappa shape index (κ2) is 8.33. The summed E-state index contributed by atoms with van der Waals surface area (Å²) in [6.45, 7) is 2.70. The molecule has 0 spiro atoms. The average Bonchev–Trinajstić information content (AvgIpc) is 2.81. The third kappa shape index (κ3) is 4.30. The van der Waals surface area contributed by atoms with E-state index in [1.165, 1.54) is 6.20 Å². The summed E-state index contributed by atoms with van der Waals surface area (Å²) in [5, 5.41) is 5.41. The number of para-hydroxylation sites is 2. The van der Waals surface area contributed by atoms with Crippen LogP contribution in [0.4, 0.5) is 5.69 Å². The van der Waals surface area contributed by atoms with Crippen LogP contribution in [0, 0.1) is 0 Å². The predicted octanol–water partition coefficient (Wildman–Crippen LogP) is 2.39. The number of unbranched alkanes of at least 4 members (excludes halogenated alkanes) is 1. The van der Waals surface area contributed by atoms with Gasteiger partial charge < -0.3 is 20.1 Å². The molecule has 0 unspecified atom stereocenters. The molecule has 2 amide bonds. The number of ether oxygens (including phenoxy) is 2. The highest BCUT2D eigenvalue weighted by Gasteiger charge is 2.26. The van der Waals surface area contributed by atoms with Gasteiger partial charge >= 0.3 is 0 Å². The first-order valence-corrected chi connectivity index (χ1v) is 8.60. The molecule has 0 aliphatic carbocycles. The molecule has 1 aliphatic heterocycles. The van der Waals surface area contributed by atoms with Crippen molar-refractivity contribution in [1.29, 1.82) is 0 Å². The molecular formula is C19H21N3O4. The molecule has 0 bridgehead atoms. The van der Waals surface area contributed by atoms with Crippen LogP contribution in [0.2, 0.25) is 0 Å². The quantitative estimate of drug-likeness (QED) is 0.777. The summed E-state index contributed by atoms with van der Waals surface area (Å²) in [6, 6.07) is 9.57. The van der Waals surface area contributed by atoms with Gasteiger partial charge in [-0.2, -0.15) is 0 Å². The Balaban J connectivity index is 1.64. The first-order chi connectivity index (χ1) is 12.7. The fraction of sp³-hybridized carbons (Fsp3) is 0.316. The van der Waals surface area contributed by atoms with E-state index in [1.807, 2.05) is 6.07 Å². The molecular weight excluding hydrogens is 334 g/mol. The smallest absolute Gasteiger partial charge is 0.270 e. The molecule has 0 saturated heterocycles. The third-order valence-corrected chi connectivity index (χ3v) is 3.90. The van der Waals surface area contributed by atoms with Crippen molar-refractivity contribution >= 4 is 17.5 Å². The summed E-state index contributed by atoms with van der Waals surface area (Å²) in [7, 11) is 0. The molecule has 0 radical (unpaired) electrons. The Morgan fingerprint density at radius 1 is 1.38 bits per heavy atom. The molecule has 0 saturated carbocycles. The number of nitrogens with zero attached hydrogens (tertiary/aromatic N) is 1. The lowest BCUT2D eigenvalue weighted by molar-refractivity contribution is -0.118. The SMILES string of the molecule is CCCCOc1ccnc(C(=O)N[C@H]2COc3ccccc3NC2=O)c1. The standard InChI is InChI=1S/C19H21N3O4/c1-2-3-10-25-13-8-9-20-15(11-13)18(23)22-16-12-26-17-7-5-4-6-14(17)21-19(16)24/h4-9,11,16H,2-3,10,12H2,1H3,(H,21,24)(H,22,23)/t16-/m0/s1. The highest BCUT2D eigenvalue weighted by atomic mass is 16.5. The van der Waals surface area contributed by atoms with E-state index in [0.717, 1.165) is 12.8 Å². The number of hydrogen-bond donors (Lipinski definition) is 2. The minimum atomic E-state index is -0.818. The van der Waals surface area contributed by atoms with Gasteiger partial charge in [-0.3, -0.25) is 14.6 Å². The summed E-state index contributed by atoms with van der Waals surface area (Å²) in [5.41, 5.74) is 0.771. The average molecular weight is 355 g/mol. The molecule has 2 N–H and O–H groups in total. The van der Waals surface area contributed by atoms with E-state index in [-0.39, 0.29) is 18.2 Å². The number of amides is 2. The molecule has 2 aromatic rings. The van der Waals surface area contributed by atoms with Crippen molar-refractivity contribution in [2.75, 3.05) is 18.5 Å².